The number of rotatable bonds is 4. The van der Waals surface area contributed by atoms with Gasteiger partial charge in [0, 0.05) is 6.54 Å². The second-order valence-electron chi connectivity index (χ2n) is 2.46. The molecule has 1 rings (SSSR count). The molecule has 4 heteroatoms. The van der Waals surface area contributed by atoms with Gasteiger partial charge in [-0.2, -0.15) is 5.26 Å². The minimum absolute atomic E-state index is 0.0626. The van der Waals surface area contributed by atoms with E-state index < -0.39 is 0 Å². The average Bonchev–Trinajstić information content (AvgIpc) is 2.17. The van der Waals surface area contributed by atoms with Gasteiger partial charge >= 0.3 is 0 Å². The van der Waals surface area contributed by atoms with E-state index in [2.05, 4.69) is 10.3 Å². The lowest BCUT2D eigenvalue weighted by molar-refractivity contribution is 0.366. The molecule has 0 radical (unpaired) electrons. The van der Waals surface area contributed by atoms with Gasteiger partial charge in [-0.1, -0.05) is 0 Å². The lowest BCUT2D eigenvalue weighted by Gasteiger charge is -2.02. The van der Waals surface area contributed by atoms with Crippen LogP contribution in [-0.4, -0.2) is 18.6 Å². The Morgan fingerprint density at radius 3 is 3.00 bits per heavy atom. The van der Waals surface area contributed by atoms with Crippen molar-refractivity contribution in [1.82, 2.24) is 10.3 Å². The molecular weight excluding hydrogens is 166 g/mol. The van der Waals surface area contributed by atoms with Crippen molar-refractivity contribution in [2.24, 2.45) is 0 Å². The SMILES string of the molecule is CNCc1ccc(OCC#N)cn1. The van der Waals surface area contributed by atoms with E-state index in [1.54, 1.807) is 12.3 Å². The highest BCUT2D eigenvalue weighted by molar-refractivity contribution is 5.20. The Morgan fingerprint density at radius 1 is 1.62 bits per heavy atom. The molecule has 4 nitrogen and oxygen atoms in total. The topological polar surface area (TPSA) is 57.9 Å². The van der Waals surface area contributed by atoms with Gasteiger partial charge in [0.05, 0.1) is 11.9 Å². The van der Waals surface area contributed by atoms with Gasteiger partial charge in [-0.25, -0.2) is 0 Å². The summed E-state index contributed by atoms with van der Waals surface area (Å²) in [5.41, 5.74) is 0.951. The first-order valence-electron chi connectivity index (χ1n) is 3.96. The van der Waals surface area contributed by atoms with Crippen molar-refractivity contribution in [3.05, 3.63) is 24.0 Å². The van der Waals surface area contributed by atoms with Gasteiger partial charge in [-0.15, -0.1) is 0 Å². The maximum absolute atomic E-state index is 8.26. The molecule has 0 spiro atoms. The highest BCUT2D eigenvalue weighted by atomic mass is 16.5. The van der Waals surface area contributed by atoms with Crippen molar-refractivity contribution < 1.29 is 4.74 Å². The molecule has 0 aliphatic rings. The summed E-state index contributed by atoms with van der Waals surface area (Å²) in [6.07, 6.45) is 1.62. The maximum atomic E-state index is 8.26. The normalized spacial score (nSPS) is 9.23. The molecule has 0 aliphatic heterocycles. The predicted molar refractivity (Wildman–Crippen MR) is 48.1 cm³/mol. The molecule has 0 aliphatic carbocycles. The second-order valence-corrected chi connectivity index (χ2v) is 2.46. The summed E-state index contributed by atoms with van der Waals surface area (Å²) in [5, 5.41) is 11.3. The summed E-state index contributed by atoms with van der Waals surface area (Å²) >= 11 is 0. The monoisotopic (exact) mass is 177 g/mol. The van der Waals surface area contributed by atoms with Gasteiger partial charge in [0.25, 0.3) is 0 Å². The molecule has 0 unspecified atom stereocenters. The van der Waals surface area contributed by atoms with E-state index in [1.165, 1.54) is 0 Å². The predicted octanol–water partition coefficient (Wildman–Crippen LogP) is 0.703. The molecule has 0 amide bonds. The fourth-order valence-corrected chi connectivity index (χ4v) is 0.898. The lowest BCUT2D eigenvalue weighted by atomic mass is 10.3. The van der Waals surface area contributed by atoms with Gasteiger partial charge in [-0.05, 0) is 19.2 Å². The minimum atomic E-state index is 0.0626. The smallest absolute Gasteiger partial charge is 0.174 e. The largest absolute Gasteiger partial charge is 0.477 e. The van der Waals surface area contributed by atoms with Crippen LogP contribution in [0.5, 0.6) is 5.75 Å². The number of hydrogen-bond acceptors (Lipinski definition) is 4. The summed E-state index contributed by atoms with van der Waals surface area (Å²) in [6, 6.07) is 5.56. The summed E-state index contributed by atoms with van der Waals surface area (Å²) in [7, 11) is 1.86. The lowest BCUT2D eigenvalue weighted by Crippen LogP contribution is -2.06. The van der Waals surface area contributed by atoms with Crippen molar-refractivity contribution in [1.29, 1.82) is 5.26 Å². The molecule has 0 atom stereocenters. The standard InChI is InChI=1S/C9H11N3O/c1-11-6-8-2-3-9(7-12-8)13-5-4-10/h2-3,7,11H,5-6H2,1H3. The number of nitrogens with one attached hydrogen (secondary N) is 1. The van der Waals surface area contributed by atoms with Crippen molar-refractivity contribution in [2.75, 3.05) is 13.7 Å². The molecule has 0 saturated carbocycles. The van der Waals surface area contributed by atoms with Gasteiger partial charge < -0.3 is 10.1 Å². The van der Waals surface area contributed by atoms with E-state index in [1.807, 2.05) is 19.2 Å². The van der Waals surface area contributed by atoms with E-state index in [0.717, 1.165) is 12.2 Å². The van der Waals surface area contributed by atoms with Crippen molar-refractivity contribution in [3.8, 4) is 11.8 Å². The van der Waals surface area contributed by atoms with Gasteiger partial charge in [0.2, 0.25) is 0 Å². The molecule has 1 heterocycles. The molecule has 1 aromatic rings. The third kappa shape index (κ3) is 3.09. The van der Waals surface area contributed by atoms with Crippen molar-refractivity contribution in [2.45, 2.75) is 6.54 Å². The summed E-state index contributed by atoms with van der Waals surface area (Å²) in [6.45, 7) is 0.797. The average molecular weight is 177 g/mol. The van der Waals surface area contributed by atoms with Crippen LogP contribution in [-0.2, 0) is 6.54 Å². The van der Waals surface area contributed by atoms with Crippen LogP contribution in [0.3, 0.4) is 0 Å². The number of ether oxygens (including phenoxy) is 1. The zero-order valence-corrected chi connectivity index (χ0v) is 7.45. The van der Waals surface area contributed by atoms with Gasteiger partial charge in [0.15, 0.2) is 6.61 Å². The third-order valence-electron chi connectivity index (χ3n) is 1.46. The van der Waals surface area contributed by atoms with Crippen LogP contribution < -0.4 is 10.1 Å². The number of hydrogen-bond donors (Lipinski definition) is 1. The van der Waals surface area contributed by atoms with Crippen LogP contribution >= 0.6 is 0 Å². The summed E-state index contributed by atoms with van der Waals surface area (Å²) < 4.78 is 5.04. The Hall–Kier alpha value is -1.60. The van der Waals surface area contributed by atoms with Crippen molar-refractivity contribution in [3.63, 3.8) is 0 Å². The van der Waals surface area contributed by atoms with Crippen LogP contribution in [0.1, 0.15) is 5.69 Å². The van der Waals surface area contributed by atoms with Crippen LogP contribution in [0.4, 0.5) is 0 Å². The molecule has 1 N–H and O–H groups in total. The van der Waals surface area contributed by atoms with Crippen LogP contribution in [0.2, 0.25) is 0 Å². The van der Waals surface area contributed by atoms with E-state index in [4.69, 9.17) is 10.00 Å². The Morgan fingerprint density at radius 2 is 2.46 bits per heavy atom. The third-order valence-corrected chi connectivity index (χ3v) is 1.46. The highest BCUT2D eigenvalue weighted by Crippen LogP contribution is 2.08. The Labute approximate surface area is 77.2 Å². The van der Waals surface area contributed by atoms with E-state index in [-0.39, 0.29) is 6.61 Å². The number of aromatic nitrogens is 1. The van der Waals surface area contributed by atoms with E-state index in [0.29, 0.717) is 5.75 Å². The molecule has 0 aromatic carbocycles. The van der Waals surface area contributed by atoms with Gasteiger partial charge in [0.1, 0.15) is 11.8 Å². The number of nitriles is 1. The Balaban J connectivity index is 2.54. The first kappa shape index (κ1) is 9.49. The first-order chi connectivity index (χ1) is 6.36. The van der Waals surface area contributed by atoms with E-state index in [9.17, 15) is 0 Å². The first-order valence-corrected chi connectivity index (χ1v) is 3.96. The van der Waals surface area contributed by atoms with Gasteiger partial charge in [-0.3, -0.25) is 4.98 Å². The number of nitrogens with zero attached hydrogens (tertiary/aromatic N) is 2. The molecule has 68 valence electrons. The van der Waals surface area contributed by atoms with Crippen LogP contribution in [0, 0.1) is 11.3 Å². The zero-order valence-electron chi connectivity index (χ0n) is 7.45. The number of pyridine rings is 1. The Kier molecular flexibility index (Phi) is 3.74. The molecule has 0 bridgehead atoms. The highest BCUT2D eigenvalue weighted by Gasteiger charge is 1.94. The fourth-order valence-electron chi connectivity index (χ4n) is 0.898. The summed E-state index contributed by atoms with van der Waals surface area (Å²) in [5.74, 6) is 0.626. The van der Waals surface area contributed by atoms with Crippen LogP contribution in [0.15, 0.2) is 18.3 Å². The van der Waals surface area contributed by atoms with Crippen molar-refractivity contribution >= 4 is 0 Å². The van der Waals surface area contributed by atoms with E-state index >= 15 is 0 Å². The molecular formula is C9H11N3O. The fraction of sp³-hybridized carbons (Fsp3) is 0.333. The molecule has 0 fully saturated rings. The maximum Gasteiger partial charge on any atom is 0.174 e. The second kappa shape index (κ2) is 5.12. The summed E-state index contributed by atoms with van der Waals surface area (Å²) in [4.78, 5) is 4.12. The molecule has 0 saturated heterocycles. The zero-order chi connectivity index (χ0) is 9.52. The molecule has 1 aromatic heterocycles. The molecule has 13 heavy (non-hydrogen) atoms. The Bertz CT molecular complexity index is 289. The van der Waals surface area contributed by atoms with Crippen LogP contribution in [0.25, 0.3) is 0 Å². The minimum Gasteiger partial charge on any atom is -0.477 e. The quantitative estimate of drug-likeness (QED) is 0.735.